The number of carbonyl (C=O) groups excluding carboxylic acids is 1. The molecule has 0 unspecified atom stereocenters. The fraction of sp³-hybridized carbons (Fsp3) is 0.0870. The van der Waals surface area contributed by atoms with E-state index in [4.69, 9.17) is 0 Å². The molecule has 0 radical (unpaired) electrons. The highest BCUT2D eigenvalue weighted by atomic mass is 16.2. The van der Waals surface area contributed by atoms with Crippen LogP contribution in [0.2, 0.25) is 0 Å². The SMILES string of the molecule is Cc1cccc(/C=N\NC(=O)c2ccc(Cn3nnc(-c4ccccc4)n3)cc2)c1. The van der Waals surface area contributed by atoms with Gasteiger partial charge in [-0.3, -0.25) is 4.79 Å². The number of rotatable bonds is 6. The van der Waals surface area contributed by atoms with Gasteiger partial charge in [0.2, 0.25) is 5.82 Å². The maximum absolute atomic E-state index is 12.3. The molecule has 1 aromatic heterocycles. The van der Waals surface area contributed by atoms with E-state index >= 15 is 0 Å². The van der Waals surface area contributed by atoms with Crippen molar-refractivity contribution >= 4 is 12.1 Å². The summed E-state index contributed by atoms with van der Waals surface area (Å²) in [4.78, 5) is 13.8. The fourth-order valence-electron chi connectivity index (χ4n) is 2.92. The van der Waals surface area contributed by atoms with Crippen LogP contribution in [-0.4, -0.2) is 32.3 Å². The number of nitrogens with one attached hydrogen (secondary N) is 1. The molecule has 4 aromatic rings. The fourth-order valence-corrected chi connectivity index (χ4v) is 2.92. The average Bonchev–Trinajstić information content (AvgIpc) is 3.23. The standard InChI is InChI=1S/C23H20N6O/c1-17-6-5-7-19(14-17)15-24-26-23(30)21-12-10-18(11-13-21)16-29-27-22(25-28-29)20-8-3-2-4-9-20/h2-15H,16H2,1H3,(H,26,30)/b24-15-. The predicted octanol–water partition coefficient (Wildman–Crippen LogP) is 3.46. The van der Waals surface area contributed by atoms with Crippen molar-refractivity contribution in [1.82, 2.24) is 25.6 Å². The van der Waals surface area contributed by atoms with E-state index in [0.717, 1.165) is 22.3 Å². The molecule has 4 rings (SSSR count). The van der Waals surface area contributed by atoms with Crippen LogP contribution in [0.4, 0.5) is 0 Å². The Balaban J connectivity index is 1.36. The molecule has 7 nitrogen and oxygen atoms in total. The van der Waals surface area contributed by atoms with E-state index in [0.29, 0.717) is 17.9 Å². The third kappa shape index (κ3) is 4.82. The molecule has 30 heavy (non-hydrogen) atoms. The number of nitrogens with zero attached hydrogens (tertiary/aromatic N) is 5. The lowest BCUT2D eigenvalue weighted by atomic mass is 10.1. The molecule has 0 aliphatic rings. The second-order valence-electron chi connectivity index (χ2n) is 6.82. The van der Waals surface area contributed by atoms with Gasteiger partial charge in [-0.15, -0.1) is 10.2 Å². The molecule has 0 spiro atoms. The van der Waals surface area contributed by atoms with Crippen molar-refractivity contribution in [2.45, 2.75) is 13.5 Å². The van der Waals surface area contributed by atoms with Gasteiger partial charge in [0.15, 0.2) is 0 Å². The lowest BCUT2D eigenvalue weighted by molar-refractivity contribution is 0.0955. The van der Waals surface area contributed by atoms with Crippen LogP contribution in [0.25, 0.3) is 11.4 Å². The number of hydrogen-bond acceptors (Lipinski definition) is 5. The van der Waals surface area contributed by atoms with Crippen LogP contribution in [-0.2, 0) is 6.54 Å². The van der Waals surface area contributed by atoms with E-state index in [1.54, 1.807) is 18.3 Å². The first-order chi connectivity index (χ1) is 14.7. The van der Waals surface area contributed by atoms with Gasteiger partial charge in [0.25, 0.3) is 5.91 Å². The van der Waals surface area contributed by atoms with Gasteiger partial charge in [0, 0.05) is 11.1 Å². The summed E-state index contributed by atoms with van der Waals surface area (Å²) in [6, 6.07) is 24.8. The first kappa shape index (κ1) is 19.2. The Morgan fingerprint density at radius 2 is 1.83 bits per heavy atom. The van der Waals surface area contributed by atoms with Gasteiger partial charge in [-0.1, -0.05) is 72.3 Å². The van der Waals surface area contributed by atoms with E-state index in [9.17, 15) is 4.79 Å². The van der Waals surface area contributed by atoms with Crippen LogP contribution in [0.1, 0.15) is 27.0 Å². The molecule has 0 aliphatic heterocycles. The zero-order valence-corrected chi connectivity index (χ0v) is 16.4. The molecule has 1 amide bonds. The van der Waals surface area contributed by atoms with Gasteiger partial charge in [-0.05, 0) is 35.4 Å². The molecular formula is C23H20N6O. The van der Waals surface area contributed by atoms with Crippen LogP contribution in [0.15, 0.2) is 84.0 Å². The molecule has 7 heteroatoms. The topological polar surface area (TPSA) is 85.1 Å². The Hall–Kier alpha value is -4.13. The van der Waals surface area contributed by atoms with E-state index in [1.165, 1.54) is 4.80 Å². The van der Waals surface area contributed by atoms with Gasteiger partial charge >= 0.3 is 0 Å². The number of aryl methyl sites for hydroxylation is 1. The Morgan fingerprint density at radius 1 is 1.03 bits per heavy atom. The quantitative estimate of drug-likeness (QED) is 0.400. The molecule has 0 aliphatic carbocycles. The zero-order valence-electron chi connectivity index (χ0n) is 16.4. The van der Waals surface area contributed by atoms with E-state index in [1.807, 2.05) is 73.7 Å². The van der Waals surface area contributed by atoms with Gasteiger partial charge in [0.05, 0.1) is 12.8 Å². The molecule has 1 heterocycles. The summed E-state index contributed by atoms with van der Waals surface area (Å²) in [5.74, 6) is 0.314. The van der Waals surface area contributed by atoms with E-state index in [-0.39, 0.29) is 5.91 Å². The summed E-state index contributed by atoms with van der Waals surface area (Å²) < 4.78 is 0. The summed E-state index contributed by atoms with van der Waals surface area (Å²) in [7, 11) is 0. The Bertz CT molecular complexity index is 1170. The number of carbonyl (C=O) groups is 1. The van der Waals surface area contributed by atoms with Crippen LogP contribution in [0.3, 0.4) is 0 Å². The summed E-state index contributed by atoms with van der Waals surface area (Å²) in [6.45, 7) is 2.47. The van der Waals surface area contributed by atoms with Crippen molar-refractivity contribution in [3.8, 4) is 11.4 Å². The van der Waals surface area contributed by atoms with Gasteiger partial charge < -0.3 is 0 Å². The van der Waals surface area contributed by atoms with Crippen molar-refractivity contribution in [1.29, 1.82) is 0 Å². The van der Waals surface area contributed by atoms with Crippen molar-refractivity contribution in [2.24, 2.45) is 5.10 Å². The summed E-state index contributed by atoms with van der Waals surface area (Å²) in [5.41, 5.74) is 7.02. The number of aromatic nitrogens is 4. The van der Waals surface area contributed by atoms with Crippen LogP contribution >= 0.6 is 0 Å². The maximum Gasteiger partial charge on any atom is 0.271 e. The lowest BCUT2D eigenvalue weighted by Gasteiger charge is -2.03. The molecule has 1 N–H and O–H groups in total. The third-order valence-electron chi connectivity index (χ3n) is 4.45. The molecule has 0 bridgehead atoms. The first-order valence-corrected chi connectivity index (χ1v) is 9.50. The highest BCUT2D eigenvalue weighted by Crippen LogP contribution is 2.12. The van der Waals surface area contributed by atoms with Crippen molar-refractivity contribution in [3.63, 3.8) is 0 Å². The Kier molecular flexibility index (Phi) is 5.70. The number of hydrogen-bond donors (Lipinski definition) is 1. The number of benzene rings is 3. The van der Waals surface area contributed by atoms with Gasteiger partial charge in [-0.2, -0.15) is 9.90 Å². The molecular weight excluding hydrogens is 376 g/mol. The zero-order chi connectivity index (χ0) is 20.8. The minimum Gasteiger partial charge on any atom is -0.267 e. The minimum atomic E-state index is -0.268. The lowest BCUT2D eigenvalue weighted by Crippen LogP contribution is -2.17. The highest BCUT2D eigenvalue weighted by molar-refractivity contribution is 5.94. The second kappa shape index (κ2) is 8.91. The van der Waals surface area contributed by atoms with Crippen LogP contribution < -0.4 is 5.43 Å². The number of amides is 1. The molecule has 0 saturated carbocycles. The molecule has 0 saturated heterocycles. The minimum absolute atomic E-state index is 0.268. The number of tetrazole rings is 1. The largest absolute Gasteiger partial charge is 0.271 e. The smallest absolute Gasteiger partial charge is 0.267 e. The molecule has 0 atom stereocenters. The highest BCUT2D eigenvalue weighted by Gasteiger charge is 2.07. The Labute approximate surface area is 174 Å². The monoisotopic (exact) mass is 396 g/mol. The van der Waals surface area contributed by atoms with Crippen molar-refractivity contribution < 1.29 is 4.79 Å². The second-order valence-corrected chi connectivity index (χ2v) is 6.82. The molecule has 3 aromatic carbocycles. The summed E-state index contributed by atoms with van der Waals surface area (Å²) in [5, 5.41) is 16.6. The van der Waals surface area contributed by atoms with Crippen LogP contribution in [0, 0.1) is 6.92 Å². The van der Waals surface area contributed by atoms with E-state index in [2.05, 4.69) is 25.9 Å². The predicted molar refractivity (Wildman–Crippen MR) is 115 cm³/mol. The maximum atomic E-state index is 12.3. The van der Waals surface area contributed by atoms with E-state index < -0.39 is 0 Å². The van der Waals surface area contributed by atoms with Crippen molar-refractivity contribution in [3.05, 3.63) is 101 Å². The molecule has 0 fully saturated rings. The first-order valence-electron chi connectivity index (χ1n) is 9.50. The third-order valence-corrected chi connectivity index (χ3v) is 4.45. The van der Waals surface area contributed by atoms with Gasteiger partial charge in [0.1, 0.15) is 0 Å². The number of hydrazone groups is 1. The Morgan fingerprint density at radius 3 is 2.60 bits per heavy atom. The van der Waals surface area contributed by atoms with Crippen molar-refractivity contribution in [2.75, 3.05) is 0 Å². The van der Waals surface area contributed by atoms with Crippen LogP contribution in [0.5, 0.6) is 0 Å². The summed E-state index contributed by atoms with van der Waals surface area (Å²) in [6.07, 6.45) is 1.62. The normalized spacial score (nSPS) is 11.0. The summed E-state index contributed by atoms with van der Waals surface area (Å²) >= 11 is 0. The average molecular weight is 396 g/mol. The van der Waals surface area contributed by atoms with Gasteiger partial charge in [-0.25, -0.2) is 5.43 Å². The molecule has 148 valence electrons.